The maximum absolute atomic E-state index is 12.7. The molecule has 1 aromatic rings. The molecule has 1 aromatic carbocycles. The Bertz CT molecular complexity index is 815. The van der Waals surface area contributed by atoms with Gasteiger partial charge in [0.1, 0.15) is 11.3 Å². The number of imide groups is 1. The zero-order chi connectivity index (χ0) is 21.7. The molecule has 9 heteroatoms. The highest BCUT2D eigenvalue weighted by Gasteiger charge is 2.52. The summed E-state index contributed by atoms with van der Waals surface area (Å²) in [5, 5.41) is 3.41. The van der Waals surface area contributed by atoms with Crippen LogP contribution < -0.4 is 15.5 Å². The lowest BCUT2D eigenvalue weighted by molar-refractivity contribution is -0.150. The molecule has 0 atom stereocenters. The number of carbonyl (C=O) groups is 4. The lowest BCUT2D eigenvalue weighted by Crippen LogP contribution is -2.52. The number of ether oxygens (including phenoxy) is 2. The van der Waals surface area contributed by atoms with Gasteiger partial charge in [-0.1, -0.05) is 19.1 Å². The van der Waals surface area contributed by atoms with Gasteiger partial charge in [0.15, 0.2) is 6.61 Å². The number of hydrogen-bond acceptors (Lipinski definition) is 6. The van der Waals surface area contributed by atoms with Crippen LogP contribution in [0, 0.1) is 5.92 Å². The number of aryl methyl sites for hydroxylation is 1. The van der Waals surface area contributed by atoms with Crippen molar-refractivity contribution in [3.05, 3.63) is 29.8 Å². The van der Waals surface area contributed by atoms with Crippen LogP contribution in [-0.2, 0) is 25.5 Å². The van der Waals surface area contributed by atoms with E-state index in [-0.39, 0.29) is 6.42 Å². The number of rotatable bonds is 7. The zero-order valence-corrected chi connectivity index (χ0v) is 17.2. The quantitative estimate of drug-likeness (QED) is 0.516. The fourth-order valence-corrected chi connectivity index (χ4v) is 3.73. The van der Waals surface area contributed by atoms with Crippen LogP contribution in [0.15, 0.2) is 24.3 Å². The summed E-state index contributed by atoms with van der Waals surface area (Å²) in [4.78, 5) is 48.9. The lowest BCUT2D eigenvalue weighted by atomic mass is 9.77. The predicted octanol–water partition coefficient (Wildman–Crippen LogP) is 1.70. The second-order valence-electron chi connectivity index (χ2n) is 7.88. The van der Waals surface area contributed by atoms with Crippen LogP contribution >= 0.6 is 0 Å². The third-order valence-electron chi connectivity index (χ3n) is 5.67. The number of methoxy groups -OCH3 is 1. The molecule has 0 aromatic heterocycles. The van der Waals surface area contributed by atoms with Crippen LogP contribution in [0.3, 0.4) is 0 Å². The summed E-state index contributed by atoms with van der Waals surface area (Å²) >= 11 is 0. The van der Waals surface area contributed by atoms with E-state index in [0.717, 1.165) is 24.2 Å². The molecule has 1 aliphatic heterocycles. The molecule has 2 N–H and O–H groups in total. The third-order valence-corrected chi connectivity index (χ3v) is 5.67. The Kier molecular flexibility index (Phi) is 6.59. The number of nitrogens with zero attached hydrogens (tertiary/aromatic N) is 1. The van der Waals surface area contributed by atoms with E-state index in [2.05, 4.69) is 17.7 Å². The first-order chi connectivity index (χ1) is 14.3. The molecule has 30 heavy (non-hydrogen) atoms. The molecule has 162 valence electrons. The highest BCUT2D eigenvalue weighted by Crippen LogP contribution is 2.35. The maximum Gasteiger partial charge on any atom is 0.344 e. The van der Waals surface area contributed by atoms with Crippen molar-refractivity contribution in [2.45, 2.75) is 51.0 Å². The van der Waals surface area contributed by atoms with Crippen LogP contribution in [0.4, 0.5) is 4.79 Å². The van der Waals surface area contributed by atoms with Gasteiger partial charge in [0.2, 0.25) is 0 Å². The van der Waals surface area contributed by atoms with Gasteiger partial charge in [0.05, 0.1) is 7.11 Å². The summed E-state index contributed by atoms with van der Waals surface area (Å²) in [6.45, 7) is 1.54. The molecule has 9 nitrogen and oxygen atoms in total. The summed E-state index contributed by atoms with van der Waals surface area (Å²) < 4.78 is 10.0. The van der Waals surface area contributed by atoms with Gasteiger partial charge in [-0.2, -0.15) is 5.01 Å². The molecule has 1 saturated carbocycles. The molecule has 1 aliphatic carbocycles. The van der Waals surface area contributed by atoms with Gasteiger partial charge in [-0.3, -0.25) is 19.8 Å². The Labute approximate surface area is 175 Å². The minimum Gasteiger partial charge on any atom is -0.497 e. The molecule has 2 fully saturated rings. The van der Waals surface area contributed by atoms with Crippen molar-refractivity contribution < 1.29 is 28.7 Å². The smallest absolute Gasteiger partial charge is 0.344 e. The van der Waals surface area contributed by atoms with E-state index in [1.54, 1.807) is 19.2 Å². The van der Waals surface area contributed by atoms with E-state index in [1.807, 2.05) is 12.1 Å². The van der Waals surface area contributed by atoms with E-state index in [1.165, 1.54) is 0 Å². The summed E-state index contributed by atoms with van der Waals surface area (Å²) in [6.07, 6.45) is 3.32. The lowest BCUT2D eigenvalue weighted by Gasteiger charge is -2.33. The third kappa shape index (κ3) is 4.90. The van der Waals surface area contributed by atoms with Crippen molar-refractivity contribution in [3.63, 3.8) is 0 Å². The monoisotopic (exact) mass is 417 g/mol. The summed E-state index contributed by atoms with van der Waals surface area (Å²) in [6, 6.07) is 6.63. The van der Waals surface area contributed by atoms with Crippen molar-refractivity contribution in [2.24, 2.45) is 5.92 Å². The molecule has 1 spiro atoms. The fraction of sp³-hybridized carbons (Fsp3) is 0.524. The number of urea groups is 1. The number of benzene rings is 1. The van der Waals surface area contributed by atoms with Gasteiger partial charge in [0, 0.05) is 6.42 Å². The van der Waals surface area contributed by atoms with Gasteiger partial charge in [-0.25, -0.2) is 4.79 Å². The molecule has 0 unspecified atom stereocenters. The Balaban J connectivity index is 1.43. The number of nitrogens with one attached hydrogen (secondary N) is 2. The van der Waals surface area contributed by atoms with Gasteiger partial charge in [-0.15, -0.1) is 0 Å². The average Bonchev–Trinajstić information content (AvgIpc) is 2.97. The first-order valence-electron chi connectivity index (χ1n) is 10.1. The van der Waals surface area contributed by atoms with Crippen molar-refractivity contribution in [3.8, 4) is 5.75 Å². The van der Waals surface area contributed by atoms with Crippen LogP contribution in [0.25, 0.3) is 0 Å². The second-order valence-corrected chi connectivity index (χ2v) is 7.88. The van der Waals surface area contributed by atoms with Crippen molar-refractivity contribution in [1.82, 2.24) is 15.8 Å². The molecule has 3 rings (SSSR count). The van der Waals surface area contributed by atoms with E-state index in [4.69, 9.17) is 9.47 Å². The van der Waals surface area contributed by atoms with E-state index >= 15 is 0 Å². The number of carbonyl (C=O) groups excluding carboxylic acids is 4. The molecular weight excluding hydrogens is 390 g/mol. The standard InChI is InChI=1S/C21H27N3O6/c1-14-9-11-21(12-10-14)19(27)24(20(28)22-21)23-17(25)13-30-18(26)8-5-15-3-6-16(29-2)7-4-15/h3-4,6-7,14H,5,8-13H2,1-2H3,(H,22,28)(H,23,25). The zero-order valence-electron chi connectivity index (χ0n) is 17.2. The van der Waals surface area contributed by atoms with Gasteiger partial charge in [-0.05, 0) is 55.7 Å². The molecule has 1 saturated heterocycles. The first kappa shape index (κ1) is 21.6. The van der Waals surface area contributed by atoms with E-state index < -0.39 is 36.0 Å². The Hall–Kier alpha value is -3.10. The van der Waals surface area contributed by atoms with Gasteiger partial charge >= 0.3 is 12.0 Å². The molecule has 2 aliphatic rings. The van der Waals surface area contributed by atoms with Gasteiger partial charge in [0.25, 0.3) is 11.8 Å². The van der Waals surface area contributed by atoms with Crippen molar-refractivity contribution >= 4 is 23.8 Å². The van der Waals surface area contributed by atoms with Gasteiger partial charge < -0.3 is 14.8 Å². The SMILES string of the molecule is COc1ccc(CCC(=O)OCC(=O)NN2C(=O)NC3(CCC(C)CC3)C2=O)cc1. The predicted molar refractivity (Wildman–Crippen MR) is 106 cm³/mol. The molecule has 0 radical (unpaired) electrons. The maximum atomic E-state index is 12.7. The van der Waals surface area contributed by atoms with Crippen LogP contribution in [0.1, 0.15) is 44.6 Å². The minimum absolute atomic E-state index is 0.101. The minimum atomic E-state index is -0.939. The summed E-state index contributed by atoms with van der Waals surface area (Å²) in [7, 11) is 1.58. The topological polar surface area (TPSA) is 114 Å². The number of amides is 4. The van der Waals surface area contributed by atoms with Crippen molar-refractivity contribution in [1.29, 1.82) is 0 Å². The number of hydrogen-bond donors (Lipinski definition) is 2. The molecular formula is C21H27N3O6. The molecule has 4 amide bonds. The normalized spacial score (nSPS) is 23.3. The van der Waals surface area contributed by atoms with Crippen LogP contribution in [-0.4, -0.2) is 48.1 Å². The largest absolute Gasteiger partial charge is 0.497 e. The fourth-order valence-electron chi connectivity index (χ4n) is 3.73. The summed E-state index contributed by atoms with van der Waals surface area (Å²) in [5.74, 6) is -0.517. The van der Waals surface area contributed by atoms with Crippen LogP contribution in [0.5, 0.6) is 5.75 Å². The average molecular weight is 417 g/mol. The molecule has 0 bridgehead atoms. The molecule has 1 heterocycles. The van der Waals surface area contributed by atoms with E-state index in [9.17, 15) is 19.2 Å². The highest BCUT2D eigenvalue weighted by atomic mass is 16.5. The summed E-state index contributed by atoms with van der Waals surface area (Å²) in [5.41, 5.74) is 2.24. The van der Waals surface area contributed by atoms with Crippen LogP contribution in [0.2, 0.25) is 0 Å². The Morgan fingerprint density at radius 2 is 1.87 bits per heavy atom. The van der Waals surface area contributed by atoms with E-state index in [0.29, 0.717) is 30.2 Å². The first-order valence-corrected chi connectivity index (χ1v) is 10.1. The second kappa shape index (κ2) is 9.15. The van der Waals surface area contributed by atoms with Crippen molar-refractivity contribution in [2.75, 3.05) is 13.7 Å². The Morgan fingerprint density at radius 3 is 2.50 bits per heavy atom. The number of esters is 1. The number of hydrazine groups is 1. The Morgan fingerprint density at radius 1 is 1.20 bits per heavy atom. The highest BCUT2D eigenvalue weighted by molar-refractivity contribution is 6.08.